The van der Waals surface area contributed by atoms with Crippen LogP contribution in [-0.2, 0) is 23.5 Å². The van der Waals surface area contributed by atoms with Crippen molar-refractivity contribution >= 4 is 20.3 Å². The molecule has 0 unspecified atom stereocenters. The number of methoxy groups -OCH3 is 2. The first kappa shape index (κ1) is 29.4. The zero-order chi connectivity index (χ0) is 28.5. The normalized spacial score (nSPS) is 24.3. The van der Waals surface area contributed by atoms with Crippen LogP contribution in [0.2, 0.25) is 16.6 Å². The van der Waals surface area contributed by atoms with Gasteiger partial charge in [-0.25, -0.2) is 0 Å². The van der Waals surface area contributed by atoms with Gasteiger partial charge in [-0.2, -0.15) is 0 Å². The first-order valence-corrected chi connectivity index (χ1v) is 16.7. The fourth-order valence-electron chi connectivity index (χ4n) is 7.96. The van der Waals surface area contributed by atoms with Crippen molar-refractivity contribution in [1.29, 1.82) is 0 Å². The average molecular weight is 551 g/mol. The molecule has 1 saturated carbocycles. The molecule has 0 N–H and O–H groups in total. The highest BCUT2D eigenvalue weighted by atomic mass is 28.4. The van der Waals surface area contributed by atoms with Crippen molar-refractivity contribution in [1.82, 2.24) is 0 Å². The van der Waals surface area contributed by atoms with Gasteiger partial charge in [0.2, 0.25) is 0 Å². The van der Waals surface area contributed by atoms with Gasteiger partial charge in [0.25, 0.3) is 8.32 Å². The Hall–Kier alpha value is -2.60. The third-order valence-corrected chi connectivity index (χ3v) is 15.6. The van der Waals surface area contributed by atoms with Crippen LogP contribution in [0.1, 0.15) is 78.7 Å². The zero-order valence-corrected chi connectivity index (χ0v) is 26.0. The van der Waals surface area contributed by atoms with Gasteiger partial charge in [-0.05, 0) is 59.0 Å². The summed E-state index contributed by atoms with van der Waals surface area (Å²) in [6.07, 6.45) is 10.3. The summed E-state index contributed by atoms with van der Waals surface area (Å²) in [6.45, 7) is 13.6. The van der Waals surface area contributed by atoms with E-state index in [0.717, 1.165) is 37.0 Å². The Kier molecular flexibility index (Phi) is 8.65. The molecule has 0 amide bonds. The quantitative estimate of drug-likeness (QED) is 0.187. The van der Waals surface area contributed by atoms with Crippen molar-refractivity contribution in [2.75, 3.05) is 14.2 Å². The lowest BCUT2D eigenvalue weighted by atomic mass is 9.71. The van der Waals surface area contributed by atoms with Crippen LogP contribution in [0.25, 0.3) is 0 Å². The maximum absolute atomic E-state index is 13.7. The molecule has 0 heterocycles. The second-order valence-corrected chi connectivity index (χ2v) is 17.8. The number of hydrogen-bond donors (Lipinski definition) is 0. The summed E-state index contributed by atoms with van der Waals surface area (Å²) < 4.78 is 18.1. The van der Waals surface area contributed by atoms with Crippen molar-refractivity contribution in [2.45, 2.75) is 89.8 Å². The maximum Gasteiger partial charge on any atom is 0.328 e. The second kappa shape index (κ2) is 11.5. The molecule has 0 bridgehead atoms. The number of carbonyl (C=O) groups excluding carboxylic acids is 2. The molecule has 6 heteroatoms. The zero-order valence-electron chi connectivity index (χ0n) is 25.0. The molecule has 1 aromatic rings. The lowest BCUT2D eigenvalue weighted by molar-refractivity contribution is -0.167. The van der Waals surface area contributed by atoms with Crippen LogP contribution in [0.15, 0.2) is 65.5 Å². The Morgan fingerprint density at radius 1 is 0.897 bits per heavy atom. The van der Waals surface area contributed by atoms with Gasteiger partial charge in [-0.1, -0.05) is 96.0 Å². The van der Waals surface area contributed by atoms with Gasteiger partial charge >= 0.3 is 11.9 Å². The fourth-order valence-corrected chi connectivity index (χ4v) is 13.3. The number of hydrogen-bond acceptors (Lipinski definition) is 5. The number of ether oxygens (including phenoxy) is 2. The first-order valence-electron chi connectivity index (χ1n) is 14.6. The van der Waals surface area contributed by atoms with Crippen LogP contribution >= 0.6 is 0 Å². The van der Waals surface area contributed by atoms with Crippen molar-refractivity contribution < 1.29 is 23.5 Å². The fraction of sp³-hybridized carbons (Fsp3) is 0.576. The minimum atomic E-state index is -2.45. The minimum absolute atomic E-state index is 0.0918. The van der Waals surface area contributed by atoms with Crippen LogP contribution in [-0.4, -0.2) is 34.5 Å². The Morgan fingerprint density at radius 3 is 2.03 bits per heavy atom. The monoisotopic (exact) mass is 550 g/mol. The standard InChI is InChI=1S/C33H46O5Si/c1-21(2)39(22(3)4,23(5)6)38-29-20-28(24-14-10-9-11-15-24)26-17-13-12-16-25(26)27-18-19-33(30(27)29,31(34)36-7)32(35)37-8/h9-11,14-15,18-23,26,28,30H,12-13,16-17H2,1-8H3/t26-,28-,30+/m1/s1. The first-order chi connectivity index (χ1) is 18.6. The summed E-state index contributed by atoms with van der Waals surface area (Å²) in [7, 11) is 0.240. The van der Waals surface area contributed by atoms with Gasteiger partial charge in [0.1, 0.15) is 0 Å². The van der Waals surface area contributed by atoms with Crippen molar-refractivity contribution in [3.8, 4) is 0 Å². The van der Waals surface area contributed by atoms with Crippen LogP contribution in [0.3, 0.4) is 0 Å². The molecule has 0 aliphatic heterocycles. The third-order valence-electron chi connectivity index (χ3n) is 9.62. The highest BCUT2D eigenvalue weighted by molar-refractivity contribution is 6.77. The van der Waals surface area contributed by atoms with Gasteiger partial charge in [0.05, 0.1) is 25.9 Å². The van der Waals surface area contributed by atoms with E-state index in [-0.39, 0.29) is 11.8 Å². The van der Waals surface area contributed by atoms with Crippen LogP contribution in [0, 0.1) is 17.3 Å². The number of fused-ring (bicyclic) bond motifs is 2. The summed E-state index contributed by atoms with van der Waals surface area (Å²) in [6, 6.07) is 10.6. The Morgan fingerprint density at radius 2 is 1.49 bits per heavy atom. The van der Waals surface area contributed by atoms with Crippen molar-refractivity contribution in [3.63, 3.8) is 0 Å². The predicted molar refractivity (Wildman–Crippen MR) is 157 cm³/mol. The van der Waals surface area contributed by atoms with Gasteiger partial charge in [-0.15, -0.1) is 0 Å². The lowest BCUT2D eigenvalue weighted by Crippen LogP contribution is -2.51. The molecule has 0 saturated heterocycles. The molecule has 3 atom stereocenters. The van der Waals surface area contributed by atoms with Crippen molar-refractivity contribution in [3.05, 3.63) is 71.0 Å². The van der Waals surface area contributed by atoms with Gasteiger partial charge in [0, 0.05) is 5.92 Å². The smallest absolute Gasteiger partial charge is 0.328 e. The maximum atomic E-state index is 13.7. The van der Waals surface area contributed by atoms with E-state index in [0.29, 0.717) is 16.6 Å². The molecule has 212 valence electrons. The summed E-state index contributed by atoms with van der Waals surface area (Å²) >= 11 is 0. The molecule has 3 aliphatic rings. The minimum Gasteiger partial charge on any atom is -0.545 e. The predicted octanol–water partition coefficient (Wildman–Crippen LogP) is 7.87. The van der Waals surface area contributed by atoms with E-state index in [1.54, 1.807) is 6.08 Å². The molecule has 4 rings (SSSR count). The molecule has 1 fully saturated rings. The molecule has 3 aliphatic carbocycles. The van der Waals surface area contributed by atoms with E-state index in [1.165, 1.54) is 25.4 Å². The van der Waals surface area contributed by atoms with E-state index >= 15 is 0 Å². The molecular formula is C33H46O5Si. The van der Waals surface area contributed by atoms with E-state index < -0.39 is 31.6 Å². The van der Waals surface area contributed by atoms with Gasteiger partial charge < -0.3 is 13.9 Å². The SMILES string of the molecule is COC(=O)C1(C(=O)OC)C=CC2=C3CCCC[C@H]3[C@@H](c3ccccc3)C=C(O[Si](C(C)C)(C(C)C)C(C)C)[C@H]21. The highest BCUT2D eigenvalue weighted by Crippen LogP contribution is 2.57. The highest BCUT2D eigenvalue weighted by Gasteiger charge is 2.61. The molecule has 1 aromatic carbocycles. The number of benzene rings is 1. The molecule has 0 radical (unpaired) electrons. The molecule has 39 heavy (non-hydrogen) atoms. The number of esters is 2. The van der Waals surface area contributed by atoms with E-state index in [9.17, 15) is 9.59 Å². The molecular weight excluding hydrogens is 504 g/mol. The summed E-state index contributed by atoms with van der Waals surface area (Å²) in [5.41, 5.74) is 2.99. The molecule has 5 nitrogen and oxygen atoms in total. The number of rotatable bonds is 8. The number of carbonyl (C=O) groups is 2. The number of allylic oxidation sites excluding steroid dienone is 4. The van der Waals surface area contributed by atoms with Crippen LogP contribution < -0.4 is 0 Å². The van der Waals surface area contributed by atoms with E-state index in [1.807, 2.05) is 12.1 Å². The topological polar surface area (TPSA) is 61.8 Å². The third kappa shape index (κ3) is 4.73. The second-order valence-electron chi connectivity index (χ2n) is 12.4. The van der Waals surface area contributed by atoms with E-state index in [4.69, 9.17) is 13.9 Å². The van der Waals surface area contributed by atoms with Gasteiger partial charge in [-0.3, -0.25) is 9.59 Å². The average Bonchev–Trinajstić information content (AvgIpc) is 3.27. The summed E-state index contributed by atoms with van der Waals surface area (Å²) in [5, 5.41) is 0. The lowest BCUT2D eigenvalue weighted by Gasteiger charge is -2.45. The molecule has 0 aromatic heterocycles. The Labute approximate surface area is 235 Å². The molecule has 0 spiro atoms. The van der Waals surface area contributed by atoms with Crippen molar-refractivity contribution in [2.24, 2.45) is 17.3 Å². The van der Waals surface area contributed by atoms with E-state index in [2.05, 4.69) is 71.9 Å². The summed E-state index contributed by atoms with van der Waals surface area (Å²) in [4.78, 5) is 27.3. The Bertz CT molecular complexity index is 1120. The largest absolute Gasteiger partial charge is 0.545 e. The van der Waals surface area contributed by atoms with Crippen LogP contribution in [0.5, 0.6) is 0 Å². The van der Waals surface area contributed by atoms with Gasteiger partial charge in [0.15, 0.2) is 5.41 Å². The van der Waals surface area contributed by atoms with Crippen LogP contribution in [0.4, 0.5) is 0 Å². The summed E-state index contributed by atoms with van der Waals surface area (Å²) in [5.74, 6) is -0.693. The Balaban J connectivity index is 2.06.